The normalized spacial score (nSPS) is 14.4. The fraction of sp³-hybridized carbons (Fsp3) is 0.333. The monoisotopic (exact) mass is 525 g/mol. The van der Waals surface area contributed by atoms with Gasteiger partial charge in [0.1, 0.15) is 17.4 Å². The zero-order valence-corrected chi connectivity index (χ0v) is 20.8. The molecule has 1 saturated carbocycles. The topological polar surface area (TPSA) is 63.2 Å². The van der Waals surface area contributed by atoms with Crippen molar-refractivity contribution < 1.29 is 13.9 Å². The van der Waals surface area contributed by atoms with Crippen LogP contribution in [-0.4, -0.2) is 24.5 Å². The number of ether oxygens (including phenoxy) is 1. The van der Waals surface area contributed by atoms with Crippen molar-refractivity contribution in [3.8, 4) is 5.75 Å². The average molecular weight is 526 g/mol. The second-order valence-electron chi connectivity index (χ2n) is 8.67. The van der Waals surface area contributed by atoms with Crippen LogP contribution >= 0.6 is 15.9 Å². The van der Waals surface area contributed by atoms with Crippen LogP contribution < -0.4 is 15.4 Å². The first-order chi connectivity index (χ1) is 16.5. The highest BCUT2D eigenvalue weighted by molar-refractivity contribution is 9.10. The predicted octanol–water partition coefficient (Wildman–Crippen LogP) is 6.47. The molecule has 0 unspecified atom stereocenters. The highest BCUT2D eigenvalue weighted by Gasteiger charge is 2.14. The van der Waals surface area contributed by atoms with Crippen molar-refractivity contribution in [1.82, 2.24) is 10.3 Å². The van der Waals surface area contributed by atoms with Crippen LogP contribution in [0, 0.1) is 11.7 Å². The van der Waals surface area contributed by atoms with Crippen LogP contribution in [0.25, 0.3) is 17.0 Å². The van der Waals surface area contributed by atoms with E-state index in [-0.39, 0.29) is 11.7 Å². The number of rotatable bonds is 8. The van der Waals surface area contributed by atoms with Crippen LogP contribution in [0.3, 0.4) is 0 Å². The maximum absolute atomic E-state index is 14.1. The van der Waals surface area contributed by atoms with Crippen molar-refractivity contribution in [1.29, 1.82) is 0 Å². The molecule has 5 nitrogen and oxygen atoms in total. The molecule has 1 fully saturated rings. The number of fused-ring (bicyclic) bond motifs is 1. The number of hydrogen-bond acceptors (Lipinski definition) is 4. The van der Waals surface area contributed by atoms with Gasteiger partial charge in [0, 0.05) is 36.2 Å². The first-order valence-corrected chi connectivity index (χ1v) is 12.4. The molecule has 0 aliphatic heterocycles. The Morgan fingerprint density at radius 1 is 1.18 bits per heavy atom. The van der Waals surface area contributed by atoms with E-state index in [4.69, 9.17) is 4.74 Å². The van der Waals surface area contributed by atoms with Gasteiger partial charge in [-0.2, -0.15) is 0 Å². The Kier molecular flexibility index (Phi) is 8.16. The molecule has 1 heterocycles. The Bertz CT molecular complexity index is 1170. The lowest BCUT2D eigenvalue weighted by atomic mass is 9.89. The molecule has 2 aromatic carbocycles. The van der Waals surface area contributed by atoms with E-state index in [9.17, 15) is 9.18 Å². The predicted molar refractivity (Wildman–Crippen MR) is 138 cm³/mol. The molecular formula is C27H29BrFN3O2. The Morgan fingerprint density at radius 3 is 2.68 bits per heavy atom. The molecule has 3 aromatic rings. The SMILES string of the molecule is COc1ccc(CNc2nc3cc(F)c(Br)cc3cc2C=CC(=O)NCC2CCCCC2)cc1. The van der Waals surface area contributed by atoms with E-state index in [1.165, 1.54) is 38.2 Å². The van der Waals surface area contributed by atoms with Gasteiger partial charge in [0.15, 0.2) is 0 Å². The van der Waals surface area contributed by atoms with Gasteiger partial charge in [-0.15, -0.1) is 0 Å². The van der Waals surface area contributed by atoms with E-state index in [1.807, 2.05) is 30.3 Å². The highest BCUT2D eigenvalue weighted by atomic mass is 79.9. The fourth-order valence-corrected chi connectivity index (χ4v) is 4.60. The molecule has 1 aliphatic rings. The first-order valence-electron chi connectivity index (χ1n) is 11.6. The third-order valence-electron chi connectivity index (χ3n) is 6.21. The van der Waals surface area contributed by atoms with Gasteiger partial charge >= 0.3 is 0 Å². The lowest BCUT2D eigenvalue weighted by Crippen LogP contribution is -2.28. The summed E-state index contributed by atoms with van der Waals surface area (Å²) in [6.07, 6.45) is 9.47. The van der Waals surface area contributed by atoms with E-state index in [0.29, 0.717) is 34.8 Å². The zero-order chi connectivity index (χ0) is 23.9. The summed E-state index contributed by atoms with van der Waals surface area (Å²) in [5.74, 6) is 1.46. The van der Waals surface area contributed by atoms with Crippen LogP contribution in [-0.2, 0) is 11.3 Å². The zero-order valence-electron chi connectivity index (χ0n) is 19.2. The Hall–Kier alpha value is -2.93. The van der Waals surface area contributed by atoms with E-state index < -0.39 is 0 Å². The van der Waals surface area contributed by atoms with Crippen molar-refractivity contribution >= 4 is 44.6 Å². The molecule has 0 bridgehead atoms. The highest BCUT2D eigenvalue weighted by Crippen LogP contribution is 2.27. The van der Waals surface area contributed by atoms with Crippen LogP contribution in [0.5, 0.6) is 5.75 Å². The molecule has 4 rings (SSSR count). The van der Waals surface area contributed by atoms with Gasteiger partial charge in [-0.1, -0.05) is 31.4 Å². The van der Waals surface area contributed by atoms with Crippen molar-refractivity contribution in [2.24, 2.45) is 5.92 Å². The number of nitrogens with zero attached hydrogens (tertiary/aromatic N) is 1. The summed E-state index contributed by atoms with van der Waals surface area (Å²) in [6, 6.07) is 12.8. The van der Waals surface area contributed by atoms with E-state index in [1.54, 1.807) is 25.3 Å². The number of methoxy groups -OCH3 is 1. The first kappa shape index (κ1) is 24.2. The number of halogens is 2. The number of aromatic nitrogens is 1. The molecular weight excluding hydrogens is 497 g/mol. The Morgan fingerprint density at radius 2 is 1.94 bits per heavy atom. The van der Waals surface area contributed by atoms with Gasteiger partial charge in [0.2, 0.25) is 5.91 Å². The molecule has 0 radical (unpaired) electrons. The smallest absolute Gasteiger partial charge is 0.244 e. The number of anilines is 1. The molecule has 0 atom stereocenters. The van der Waals surface area contributed by atoms with Crippen LogP contribution in [0.4, 0.5) is 10.2 Å². The van der Waals surface area contributed by atoms with Crippen LogP contribution in [0.1, 0.15) is 43.2 Å². The van der Waals surface area contributed by atoms with Crippen LogP contribution in [0.15, 0.2) is 53.0 Å². The van der Waals surface area contributed by atoms with Gasteiger partial charge in [-0.3, -0.25) is 4.79 Å². The molecule has 7 heteroatoms. The number of amides is 1. The van der Waals surface area contributed by atoms with E-state index in [2.05, 4.69) is 31.5 Å². The molecule has 1 aliphatic carbocycles. The van der Waals surface area contributed by atoms with Crippen molar-refractivity contribution in [2.45, 2.75) is 38.6 Å². The second kappa shape index (κ2) is 11.5. The number of nitrogens with one attached hydrogen (secondary N) is 2. The third kappa shape index (κ3) is 6.35. The quantitative estimate of drug-likeness (QED) is 0.331. The summed E-state index contributed by atoms with van der Waals surface area (Å²) in [5.41, 5.74) is 2.34. The second-order valence-corrected chi connectivity index (χ2v) is 9.52. The summed E-state index contributed by atoms with van der Waals surface area (Å²) in [5, 5.41) is 7.14. The number of carbonyl (C=O) groups excluding carboxylic acids is 1. The standard InChI is InChI=1S/C27H29BrFN3O2/c1-34-22-10-7-19(8-11-22)17-31-27-20(13-21-14-23(28)24(29)15-25(21)32-27)9-12-26(33)30-16-18-5-3-2-4-6-18/h7-15,18H,2-6,16-17H2,1H3,(H,30,33)(H,31,32). The molecule has 34 heavy (non-hydrogen) atoms. The number of carbonyl (C=O) groups is 1. The average Bonchev–Trinajstić information content (AvgIpc) is 2.86. The van der Waals surface area contributed by atoms with E-state index >= 15 is 0 Å². The summed E-state index contributed by atoms with van der Waals surface area (Å²) >= 11 is 3.24. The summed E-state index contributed by atoms with van der Waals surface area (Å²) < 4.78 is 19.7. The Balaban J connectivity index is 1.52. The lowest BCUT2D eigenvalue weighted by molar-refractivity contribution is -0.116. The van der Waals surface area contributed by atoms with Gasteiger partial charge in [-0.05, 0) is 70.6 Å². The minimum atomic E-state index is -0.369. The molecule has 1 amide bonds. The minimum absolute atomic E-state index is 0.118. The minimum Gasteiger partial charge on any atom is -0.497 e. The third-order valence-corrected chi connectivity index (χ3v) is 6.82. The van der Waals surface area contributed by atoms with Crippen molar-refractivity contribution in [3.05, 3.63) is 70.0 Å². The number of benzene rings is 2. The van der Waals surface area contributed by atoms with Crippen LogP contribution in [0.2, 0.25) is 0 Å². The largest absolute Gasteiger partial charge is 0.497 e. The van der Waals surface area contributed by atoms with Gasteiger partial charge in [0.05, 0.1) is 17.1 Å². The maximum atomic E-state index is 14.1. The molecule has 0 spiro atoms. The summed E-state index contributed by atoms with van der Waals surface area (Å²) in [6.45, 7) is 1.24. The van der Waals surface area contributed by atoms with Gasteiger partial charge in [-0.25, -0.2) is 9.37 Å². The molecule has 178 valence electrons. The lowest BCUT2D eigenvalue weighted by Gasteiger charge is -2.21. The molecule has 2 N–H and O–H groups in total. The molecule has 0 saturated heterocycles. The Labute approximate surface area is 207 Å². The van der Waals surface area contributed by atoms with Crippen molar-refractivity contribution in [3.63, 3.8) is 0 Å². The molecule has 1 aromatic heterocycles. The summed E-state index contributed by atoms with van der Waals surface area (Å²) in [4.78, 5) is 17.1. The summed E-state index contributed by atoms with van der Waals surface area (Å²) in [7, 11) is 1.63. The number of pyridine rings is 1. The van der Waals surface area contributed by atoms with Gasteiger partial charge in [0.25, 0.3) is 0 Å². The van der Waals surface area contributed by atoms with Crippen molar-refractivity contribution in [2.75, 3.05) is 19.0 Å². The fourth-order valence-electron chi connectivity index (χ4n) is 4.24. The number of hydrogen-bond donors (Lipinski definition) is 2. The van der Waals surface area contributed by atoms with E-state index in [0.717, 1.165) is 22.3 Å². The van der Waals surface area contributed by atoms with Gasteiger partial charge < -0.3 is 15.4 Å². The maximum Gasteiger partial charge on any atom is 0.244 e.